The van der Waals surface area contributed by atoms with Gasteiger partial charge in [-0.3, -0.25) is 9.68 Å². The molecule has 1 N–H and O–H groups in total. The van der Waals surface area contributed by atoms with Gasteiger partial charge in [0.1, 0.15) is 11.4 Å². The summed E-state index contributed by atoms with van der Waals surface area (Å²) in [6.07, 6.45) is 6.43. The molecule has 1 aromatic carbocycles. The second kappa shape index (κ2) is 7.44. The number of piperazine rings is 1. The molecule has 2 aromatic rings. The molecule has 0 saturated carbocycles. The number of hydrogen-bond acceptors (Lipinski definition) is 6. The fourth-order valence-corrected chi connectivity index (χ4v) is 4.44. The zero-order valence-electron chi connectivity index (χ0n) is 17.1. The lowest BCUT2D eigenvalue weighted by Gasteiger charge is -2.38. The van der Waals surface area contributed by atoms with Gasteiger partial charge in [0.15, 0.2) is 0 Å². The van der Waals surface area contributed by atoms with Gasteiger partial charge in [0, 0.05) is 51.0 Å². The third-order valence-electron chi connectivity index (χ3n) is 5.69. The second-order valence-electron chi connectivity index (χ2n) is 8.33. The number of fused-ring (bicyclic) bond motifs is 1. The van der Waals surface area contributed by atoms with E-state index in [-0.39, 0.29) is 5.60 Å². The lowest BCUT2D eigenvalue weighted by Crippen LogP contribution is -2.47. The average Bonchev–Trinajstić information content (AvgIpc) is 3.00. The van der Waals surface area contributed by atoms with Crippen LogP contribution in [-0.2, 0) is 17.1 Å². The smallest absolute Gasteiger partial charge is 0.225 e. The van der Waals surface area contributed by atoms with Crippen LogP contribution in [0.3, 0.4) is 0 Å². The zero-order chi connectivity index (χ0) is 19.9. The van der Waals surface area contributed by atoms with Crippen molar-refractivity contribution in [2.24, 2.45) is 0 Å². The monoisotopic (exact) mass is 399 g/mol. The van der Waals surface area contributed by atoms with Gasteiger partial charge in [0.2, 0.25) is 5.95 Å². The van der Waals surface area contributed by atoms with E-state index in [1.54, 1.807) is 12.4 Å². The zero-order valence-corrected chi connectivity index (χ0v) is 17.9. The predicted molar refractivity (Wildman–Crippen MR) is 113 cm³/mol. The van der Waals surface area contributed by atoms with Gasteiger partial charge < -0.3 is 9.64 Å². The van der Waals surface area contributed by atoms with E-state index in [1.165, 1.54) is 11.1 Å². The molecule has 0 spiro atoms. The van der Waals surface area contributed by atoms with Crippen molar-refractivity contribution in [2.75, 3.05) is 37.3 Å². The molecule has 1 saturated heterocycles. The number of aromatic nitrogens is 2. The van der Waals surface area contributed by atoms with Gasteiger partial charge in [-0.05, 0) is 44.2 Å². The summed E-state index contributed by atoms with van der Waals surface area (Å²) in [6.45, 7) is 10.4. The standard InChI is InChI=1S/C21H29N5OS/c1-15(16-5-6-17-12-21(2,3)27-19(17)11-16)25-7-9-26(10-8-25)20-23-13-18(14-24-20)28(4)22/h5-6,11,13-15,22H,7-10,12H2,1-4H3. The fourth-order valence-electron chi connectivity index (χ4n) is 4.02. The molecule has 0 amide bonds. The molecule has 2 atom stereocenters. The molecule has 150 valence electrons. The van der Waals surface area contributed by atoms with Crippen LogP contribution in [0.2, 0.25) is 0 Å². The van der Waals surface area contributed by atoms with Gasteiger partial charge in [-0.25, -0.2) is 9.97 Å². The van der Waals surface area contributed by atoms with Crippen LogP contribution in [0.15, 0.2) is 35.5 Å². The number of hydrogen-bond donors (Lipinski definition) is 1. The Hall–Kier alpha value is -1.99. The van der Waals surface area contributed by atoms with Crippen LogP contribution in [0.5, 0.6) is 5.75 Å². The van der Waals surface area contributed by atoms with E-state index in [9.17, 15) is 0 Å². The van der Waals surface area contributed by atoms with E-state index in [2.05, 4.69) is 58.7 Å². The Morgan fingerprint density at radius 2 is 1.82 bits per heavy atom. The maximum Gasteiger partial charge on any atom is 0.225 e. The van der Waals surface area contributed by atoms with Crippen molar-refractivity contribution in [1.29, 1.82) is 4.78 Å². The minimum absolute atomic E-state index is 0.0936. The lowest BCUT2D eigenvalue weighted by molar-refractivity contribution is 0.138. The largest absolute Gasteiger partial charge is 0.487 e. The molecule has 0 radical (unpaired) electrons. The number of nitrogens with zero attached hydrogens (tertiary/aromatic N) is 4. The number of anilines is 1. The highest BCUT2D eigenvalue weighted by molar-refractivity contribution is 7.85. The van der Waals surface area contributed by atoms with Crippen LogP contribution in [0, 0.1) is 4.78 Å². The van der Waals surface area contributed by atoms with Crippen LogP contribution < -0.4 is 9.64 Å². The Balaban J connectivity index is 1.39. The Morgan fingerprint density at radius 3 is 2.46 bits per heavy atom. The number of benzene rings is 1. The van der Waals surface area contributed by atoms with E-state index in [0.717, 1.165) is 49.2 Å². The van der Waals surface area contributed by atoms with Gasteiger partial charge >= 0.3 is 0 Å². The van der Waals surface area contributed by atoms with Crippen molar-refractivity contribution < 1.29 is 4.74 Å². The molecule has 3 heterocycles. The van der Waals surface area contributed by atoms with Crippen molar-refractivity contribution in [1.82, 2.24) is 14.9 Å². The Morgan fingerprint density at radius 1 is 1.14 bits per heavy atom. The van der Waals surface area contributed by atoms with Crippen molar-refractivity contribution in [2.45, 2.75) is 43.7 Å². The van der Waals surface area contributed by atoms with Crippen LogP contribution in [0.25, 0.3) is 0 Å². The summed E-state index contributed by atoms with van der Waals surface area (Å²) in [5.41, 5.74) is 2.54. The molecular formula is C21H29N5OS. The van der Waals surface area contributed by atoms with Gasteiger partial charge in [-0.15, -0.1) is 0 Å². The number of nitrogens with one attached hydrogen (secondary N) is 1. The van der Waals surface area contributed by atoms with Gasteiger partial charge in [-0.1, -0.05) is 22.8 Å². The van der Waals surface area contributed by atoms with Gasteiger partial charge in [0.25, 0.3) is 0 Å². The Bertz CT molecular complexity index is 875. The first kappa shape index (κ1) is 19.3. The molecule has 1 aromatic heterocycles. The molecule has 2 unspecified atom stereocenters. The summed E-state index contributed by atoms with van der Waals surface area (Å²) in [5, 5.41) is 0. The van der Waals surface area contributed by atoms with E-state index in [4.69, 9.17) is 9.52 Å². The minimum atomic E-state index is -0.542. The van der Waals surface area contributed by atoms with E-state index >= 15 is 0 Å². The third-order valence-corrected chi connectivity index (χ3v) is 6.61. The summed E-state index contributed by atoms with van der Waals surface area (Å²) >= 11 is 0. The lowest BCUT2D eigenvalue weighted by atomic mass is 9.99. The molecule has 0 aliphatic carbocycles. The molecule has 6 nitrogen and oxygen atoms in total. The number of rotatable bonds is 4. The summed E-state index contributed by atoms with van der Waals surface area (Å²) in [7, 11) is -0.542. The molecule has 2 aliphatic heterocycles. The molecule has 4 rings (SSSR count). The molecule has 0 bridgehead atoms. The van der Waals surface area contributed by atoms with E-state index < -0.39 is 10.7 Å². The summed E-state index contributed by atoms with van der Waals surface area (Å²) in [6, 6.07) is 7.07. The van der Waals surface area contributed by atoms with Gasteiger partial charge in [0.05, 0.1) is 4.90 Å². The first-order valence-electron chi connectivity index (χ1n) is 9.82. The second-order valence-corrected chi connectivity index (χ2v) is 9.83. The highest BCUT2D eigenvalue weighted by Crippen LogP contribution is 2.37. The molecular weight excluding hydrogens is 370 g/mol. The summed E-state index contributed by atoms with van der Waals surface area (Å²) < 4.78 is 13.9. The Kier molecular flexibility index (Phi) is 5.14. The maximum absolute atomic E-state index is 7.78. The van der Waals surface area contributed by atoms with Crippen LogP contribution >= 0.6 is 0 Å². The number of ether oxygens (including phenoxy) is 1. The molecule has 7 heteroatoms. The summed E-state index contributed by atoms with van der Waals surface area (Å²) in [4.78, 5) is 14.6. The van der Waals surface area contributed by atoms with Crippen LogP contribution in [0.1, 0.15) is 37.9 Å². The van der Waals surface area contributed by atoms with E-state index in [1.807, 2.05) is 6.26 Å². The highest BCUT2D eigenvalue weighted by atomic mass is 32.2. The van der Waals surface area contributed by atoms with Crippen molar-refractivity contribution in [3.63, 3.8) is 0 Å². The van der Waals surface area contributed by atoms with Crippen molar-refractivity contribution in [3.8, 4) is 5.75 Å². The SMILES string of the molecule is CC(c1ccc2c(c1)OC(C)(C)C2)N1CCN(c2ncc(S(C)=N)cn2)CC1. The third kappa shape index (κ3) is 3.91. The first-order valence-corrected chi connectivity index (χ1v) is 11.5. The Labute approximate surface area is 169 Å². The minimum Gasteiger partial charge on any atom is -0.487 e. The van der Waals surface area contributed by atoms with Crippen LogP contribution in [-0.4, -0.2) is 52.9 Å². The normalized spacial score (nSPS) is 21.1. The highest BCUT2D eigenvalue weighted by Gasteiger charge is 2.31. The summed E-state index contributed by atoms with van der Waals surface area (Å²) in [5.74, 6) is 1.82. The molecule has 2 aliphatic rings. The fraction of sp³-hybridized carbons (Fsp3) is 0.524. The maximum atomic E-state index is 7.78. The van der Waals surface area contributed by atoms with Crippen molar-refractivity contribution >= 4 is 16.6 Å². The topological polar surface area (TPSA) is 65.3 Å². The van der Waals surface area contributed by atoms with E-state index in [0.29, 0.717) is 6.04 Å². The quantitative estimate of drug-likeness (QED) is 0.853. The first-order chi connectivity index (χ1) is 13.3. The predicted octanol–water partition coefficient (Wildman–Crippen LogP) is 3.44. The van der Waals surface area contributed by atoms with Crippen molar-refractivity contribution in [3.05, 3.63) is 41.7 Å². The van der Waals surface area contributed by atoms with Crippen LogP contribution in [0.4, 0.5) is 5.95 Å². The molecule has 1 fully saturated rings. The van der Waals surface area contributed by atoms with Gasteiger partial charge in [-0.2, -0.15) is 0 Å². The molecule has 28 heavy (non-hydrogen) atoms. The average molecular weight is 400 g/mol.